The van der Waals surface area contributed by atoms with Gasteiger partial charge in [0.2, 0.25) is 0 Å². The molecule has 0 spiro atoms. The van der Waals surface area contributed by atoms with Crippen LogP contribution < -0.4 is 10.6 Å². The van der Waals surface area contributed by atoms with Gasteiger partial charge in [0.05, 0.1) is 11.4 Å². The third kappa shape index (κ3) is 1.19. The van der Waals surface area contributed by atoms with Crippen LogP contribution in [0.1, 0.15) is 0 Å². The Kier molecular flexibility index (Phi) is 1.51. The van der Waals surface area contributed by atoms with Crippen molar-refractivity contribution in [1.82, 2.24) is 0 Å². The van der Waals surface area contributed by atoms with E-state index in [2.05, 4.69) is 10.6 Å². The number of rotatable bonds is 0. The van der Waals surface area contributed by atoms with E-state index in [0.717, 1.165) is 16.4 Å². The van der Waals surface area contributed by atoms with Crippen LogP contribution in [0.5, 0.6) is 0 Å². The second kappa shape index (κ2) is 2.51. The van der Waals surface area contributed by atoms with Gasteiger partial charge >= 0.3 is 0 Å². The average molecular weight is 163 g/mol. The Morgan fingerprint density at radius 2 is 1.82 bits per heavy atom. The minimum atomic E-state index is 0.726. The summed E-state index contributed by atoms with van der Waals surface area (Å²) in [6, 6.07) is 7.94. The fourth-order valence-electron chi connectivity index (χ4n) is 1.03. The van der Waals surface area contributed by atoms with Gasteiger partial charge in [-0.3, -0.25) is 0 Å². The molecule has 2 nitrogen and oxygen atoms in total. The highest BCUT2D eigenvalue weighted by Gasteiger charge is 2.09. The maximum atomic E-state index is 4.95. The zero-order valence-corrected chi connectivity index (χ0v) is 6.61. The van der Waals surface area contributed by atoms with Crippen molar-refractivity contribution in [2.75, 3.05) is 10.6 Å². The van der Waals surface area contributed by atoms with E-state index in [1.54, 1.807) is 6.54 Å². The van der Waals surface area contributed by atoms with Gasteiger partial charge in [-0.15, -0.1) is 0 Å². The number of hydrogen-bond donors (Lipinski definition) is 2. The molecular weight excluding hydrogens is 156 g/mol. The highest BCUT2D eigenvalue weighted by atomic mass is 32.1. The molecule has 0 bridgehead atoms. The molecule has 1 radical (unpaired) electrons. The summed E-state index contributed by atoms with van der Waals surface area (Å²) in [4.78, 5) is 0.726. The predicted octanol–water partition coefficient (Wildman–Crippen LogP) is 2.01. The van der Waals surface area contributed by atoms with Crippen molar-refractivity contribution in [3.05, 3.63) is 30.8 Å². The summed E-state index contributed by atoms with van der Waals surface area (Å²) in [6.45, 7) is 1.78. The Hall–Kier alpha value is -1.09. The predicted molar refractivity (Wildman–Crippen MR) is 50.6 cm³/mol. The Bertz CT molecular complexity index is 296. The molecule has 0 aromatic heterocycles. The van der Waals surface area contributed by atoms with Gasteiger partial charge in [0.15, 0.2) is 0 Å². The quantitative estimate of drug-likeness (QED) is 0.572. The monoisotopic (exact) mass is 163 g/mol. The van der Waals surface area contributed by atoms with E-state index in [1.165, 1.54) is 0 Å². The number of fused-ring (bicyclic) bond motifs is 1. The lowest BCUT2D eigenvalue weighted by Crippen LogP contribution is -2.20. The van der Waals surface area contributed by atoms with Crippen LogP contribution in [0.15, 0.2) is 24.3 Å². The van der Waals surface area contributed by atoms with Crippen LogP contribution in [0.3, 0.4) is 0 Å². The molecule has 1 heterocycles. The van der Waals surface area contributed by atoms with Crippen molar-refractivity contribution in [3.63, 3.8) is 0 Å². The molecule has 3 heteroatoms. The third-order valence-electron chi connectivity index (χ3n) is 1.54. The van der Waals surface area contributed by atoms with Gasteiger partial charge in [0, 0.05) is 0 Å². The van der Waals surface area contributed by atoms with Crippen molar-refractivity contribution < 1.29 is 0 Å². The first-order valence-corrected chi connectivity index (χ1v) is 3.77. The Morgan fingerprint density at radius 3 is 2.64 bits per heavy atom. The smallest absolute Gasteiger partial charge is 0.105 e. The fraction of sp³-hybridized carbons (Fsp3) is 0. The van der Waals surface area contributed by atoms with E-state index in [-0.39, 0.29) is 0 Å². The first kappa shape index (κ1) is 6.61. The number of benzene rings is 1. The molecule has 0 saturated heterocycles. The first-order valence-electron chi connectivity index (χ1n) is 3.36. The van der Waals surface area contributed by atoms with Crippen LogP contribution in [0.25, 0.3) is 0 Å². The summed E-state index contributed by atoms with van der Waals surface area (Å²) in [6.07, 6.45) is 0. The maximum Gasteiger partial charge on any atom is 0.105 e. The Morgan fingerprint density at radius 1 is 1.09 bits per heavy atom. The topological polar surface area (TPSA) is 24.1 Å². The molecule has 0 aliphatic carbocycles. The molecule has 1 aliphatic heterocycles. The third-order valence-corrected chi connectivity index (χ3v) is 1.76. The second-order valence-electron chi connectivity index (χ2n) is 2.32. The van der Waals surface area contributed by atoms with Crippen LogP contribution >= 0.6 is 12.2 Å². The zero-order valence-electron chi connectivity index (χ0n) is 5.79. The van der Waals surface area contributed by atoms with Gasteiger partial charge < -0.3 is 10.6 Å². The molecule has 0 fully saturated rings. The van der Waals surface area contributed by atoms with Crippen molar-refractivity contribution in [3.8, 4) is 0 Å². The number of hydrogen-bond acceptors (Lipinski definition) is 2. The number of para-hydroxylation sites is 2. The van der Waals surface area contributed by atoms with E-state index < -0.39 is 0 Å². The summed E-state index contributed by atoms with van der Waals surface area (Å²) in [5, 5.41) is 6.16. The lowest BCUT2D eigenvalue weighted by molar-refractivity contribution is 1.47. The average Bonchev–Trinajstić information content (AvgIpc) is 2.04. The lowest BCUT2D eigenvalue weighted by atomic mass is 10.2. The van der Waals surface area contributed by atoms with Crippen molar-refractivity contribution in [2.45, 2.75) is 0 Å². The van der Waals surface area contributed by atoms with E-state index in [9.17, 15) is 0 Å². The van der Waals surface area contributed by atoms with E-state index in [0.29, 0.717) is 0 Å². The maximum absolute atomic E-state index is 4.95. The van der Waals surface area contributed by atoms with Crippen molar-refractivity contribution >= 4 is 28.6 Å². The van der Waals surface area contributed by atoms with E-state index in [4.69, 9.17) is 12.2 Å². The molecule has 11 heavy (non-hydrogen) atoms. The molecule has 2 rings (SSSR count). The number of anilines is 2. The molecule has 0 saturated carbocycles. The summed E-state index contributed by atoms with van der Waals surface area (Å²) < 4.78 is 0. The normalized spacial score (nSPS) is 14.7. The molecule has 2 N–H and O–H groups in total. The molecule has 1 aliphatic rings. The highest BCUT2D eigenvalue weighted by molar-refractivity contribution is 7.80. The molecule has 0 unspecified atom stereocenters. The largest absolute Gasteiger partial charge is 0.372 e. The van der Waals surface area contributed by atoms with Crippen LogP contribution in [-0.4, -0.2) is 4.99 Å². The standard InChI is InChI=1S/C8H7N2S/c11-8-5-9-6-3-1-2-4-7(6)10-8/h1-5,9H,(H,10,11). The first-order chi connectivity index (χ1) is 5.36. The van der Waals surface area contributed by atoms with Crippen LogP contribution in [0.2, 0.25) is 0 Å². The highest BCUT2D eigenvalue weighted by Crippen LogP contribution is 2.24. The van der Waals surface area contributed by atoms with Gasteiger partial charge in [-0.25, -0.2) is 0 Å². The Labute approximate surface area is 70.6 Å². The van der Waals surface area contributed by atoms with Gasteiger partial charge in [0.25, 0.3) is 0 Å². The van der Waals surface area contributed by atoms with Gasteiger partial charge in [-0.05, 0) is 12.1 Å². The molecule has 1 aromatic rings. The van der Waals surface area contributed by atoms with Crippen molar-refractivity contribution in [2.24, 2.45) is 0 Å². The fourth-order valence-corrected chi connectivity index (χ4v) is 1.20. The summed E-state index contributed by atoms with van der Waals surface area (Å²) >= 11 is 4.95. The molecule has 55 valence electrons. The van der Waals surface area contributed by atoms with Gasteiger partial charge in [0.1, 0.15) is 11.5 Å². The van der Waals surface area contributed by atoms with Crippen LogP contribution in [-0.2, 0) is 0 Å². The van der Waals surface area contributed by atoms with E-state index in [1.807, 2.05) is 24.3 Å². The SMILES string of the molecule is S=C1[CH]Nc2ccccc2N1. The van der Waals surface area contributed by atoms with Crippen molar-refractivity contribution in [1.29, 1.82) is 0 Å². The molecule has 1 aromatic carbocycles. The summed E-state index contributed by atoms with van der Waals surface area (Å²) in [7, 11) is 0. The Balaban J connectivity index is 2.41. The summed E-state index contributed by atoms with van der Waals surface area (Å²) in [5.41, 5.74) is 2.11. The number of nitrogens with one attached hydrogen (secondary N) is 2. The van der Waals surface area contributed by atoms with E-state index >= 15 is 0 Å². The number of thiocarbonyl (C=S) groups is 1. The van der Waals surface area contributed by atoms with Crippen LogP contribution in [0.4, 0.5) is 11.4 Å². The summed E-state index contributed by atoms with van der Waals surface area (Å²) in [5.74, 6) is 0. The molecule has 0 amide bonds. The minimum absolute atomic E-state index is 0.726. The van der Waals surface area contributed by atoms with Gasteiger partial charge in [-0.2, -0.15) is 0 Å². The lowest BCUT2D eigenvalue weighted by Gasteiger charge is -2.19. The molecule has 0 atom stereocenters. The van der Waals surface area contributed by atoms with Crippen LogP contribution in [0, 0.1) is 6.54 Å². The molecular formula is C8H7N2S. The minimum Gasteiger partial charge on any atom is -0.372 e. The van der Waals surface area contributed by atoms with Gasteiger partial charge in [-0.1, -0.05) is 24.4 Å². The second-order valence-corrected chi connectivity index (χ2v) is 2.76. The zero-order chi connectivity index (χ0) is 7.68.